The first-order chi connectivity index (χ1) is 7.11. The number of hydrogen-bond donors (Lipinski definition) is 1. The van der Waals surface area contributed by atoms with Crippen LogP contribution < -0.4 is 11.2 Å². The standard InChI is InChI=1S/C9H11ClN2O3/c1-3-4-6-7(10)12(5-15-2)9(14)11-8(6)13/h3H,1,4-5H2,2H3,(H,11,13,14). The van der Waals surface area contributed by atoms with E-state index in [1.807, 2.05) is 0 Å². The van der Waals surface area contributed by atoms with Crippen LogP contribution >= 0.6 is 11.6 Å². The van der Waals surface area contributed by atoms with Crippen molar-refractivity contribution in [1.82, 2.24) is 9.55 Å². The number of hydrogen-bond acceptors (Lipinski definition) is 3. The highest BCUT2D eigenvalue weighted by atomic mass is 35.5. The van der Waals surface area contributed by atoms with E-state index in [9.17, 15) is 9.59 Å². The van der Waals surface area contributed by atoms with Gasteiger partial charge in [-0.1, -0.05) is 17.7 Å². The molecule has 1 rings (SSSR count). The first-order valence-corrected chi connectivity index (χ1v) is 4.61. The van der Waals surface area contributed by atoms with Gasteiger partial charge in [-0.2, -0.15) is 0 Å². The Morgan fingerprint density at radius 1 is 1.60 bits per heavy atom. The van der Waals surface area contributed by atoms with Crippen LogP contribution in [0.4, 0.5) is 0 Å². The molecule has 0 aliphatic heterocycles. The zero-order valence-electron chi connectivity index (χ0n) is 8.25. The van der Waals surface area contributed by atoms with Crippen LogP contribution in [0.25, 0.3) is 0 Å². The Bertz CT molecular complexity index is 475. The minimum Gasteiger partial charge on any atom is -0.364 e. The van der Waals surface area contributed by atoms with Crippen LogP contribution in [0.2, 0.25) is 5.15 Å². The average Bonchev–Trinajstić information content (AvgIpc) is 2.19. The molecule has 0 saturated carbocycles. The van der Waals surface area contributed by atoms with Gasteiger partial charge in [0.25, 0.3) is 5.56 Å². The van der Waals surface area contributed by atoms with Gasteiger partial charge >= 0.3 is 5.69 Å². The van der Waals surface area contributed by atoms with Gasteiger partial charge in [0.1, 0.15) is 11.9 Å². The van der Waals surface area contributed by atoms with Crippen LogP contribution in [0, 0.1) is 0 Å². The fourth-order valence-electron chi connectivity index (χ4n) is 1.15. The Morgan fingerprint density at radius 2 is 2.27 bits per heavy atom. The summed E-state index contributed by atoms with van der Waals surface area (Å²) >= 11 is 5.89. The van der Waals surface area contributed by atoms with E-state index in [0.717, 1.165) is 4.57 Å². The third kappa shape index (κ3) is 2.37. The number of H-pyrrole nitrogens is 1. The van der Waals surface area contributed by atoms with E-state index in [1.54, 1.807) is 0 Å². The van der Waals surface area contributed by atoms with Crippen LogP contribution in [-0.4, -0.2) is 16.7 Å². The minimum atomic E-state index is -0.584. The molecular formula is C9H11ClN2O3. The van der Waals surface area contributed by atoms with Crippen molar-refractivity contribution in [3.05, 3.63) is 44.2 Å². The number of allylic oxidation sites excluding steroid dienone is 1. The number of ether oxygens (including phenoxy) is 1. The summed E-state index contributed by atoms with van der Waals surface area (Å²) in [6.45, 7) is 3.50. The second-order valence-electron chi connectivity index (χ2n) is 2.87. The van der Waals surface area contributed by atoms with Crippen molar-refractivity contribution in [2.24, 2.45) is 0 Å². The average molecular weight is 231 g/mol. The number of nitrogens with one attached hydrogen (secondary N) is 1. The predicted molar refractivity (Wildman–Crippen MR) is 57.2 cm³/mol. The van der Waals surface area contributed by atoms with Crippen LogP contribution in [0.3, 0.4) is 0 Å². The molecule has 0 aliphatic carbocycles. The molecule has 0 aromatic carbocycles. The lowest BCUT2D eigenvalue weighted by molar-refractivity contribution is 0.127. The summed E-state index contributed by atoms with van der Waals surface area (Å²) in [6, 6.07) is 0. The van der Waals surface area contributed by atoms with Crippen LogP contribution in [-0.2, 0) is 17.9 Å². The second-order valence-corrected chi connectivity index (χ2v) is 3.23. The zero-order valence-corrected chi connectivity index (χ0v) is 9.00. The number of aromatic nitrogens is 2. The third-order valence-corrected chi connectivity index (χ3v) is 2.26. The van der Waals surface area contributed by atoms with E-state index in [0.29, 0.717) is 12.0 Å². The van der Waals surface area contributed by atoms with Gasteiger partial charge in [-0.25, -0.2) is 4.79 Å². The number of halogens is 1. The van der Waals surface area contributed by atoms with Gasteiger partial charge in [-0.3, -0.25) is 14.3 Å². The van der Waals surface area contributed by atoms with Crippen LogP contribution in [0.1, 0.15) is 5.56 Å². The Morgan fingerprint density at radius 3 is 2.80 bits per heavy atom. The zero-order chi connectivity index (χ0) is 11.4. The van der Waals surface area contributed by atoms with Gasteiger partial charge < -0.3 is 4.74 Å². The van der Waals surface area contributed by atoms with Crippen molar-refractivity contribution in [3.8, 4) is 0 Å². The SMILES string of the molecule is C=CCc1c(Cl)n(COC)c(=O)[nH]c1=O. The van der Waals surface area contributed by atoms with E-state index in [1.165, 1.54) is 13.2 Å². The van der Waals surface area contributed by atoms with Crippen LogP contribution in [0.5, 0.6) is 0 Å². The molecular weight excluding hydrogens is 220 g/mol. The van der Waals surface area contributed by atoms with Gasteiger partial charge in [-0.05, 0) is 6.42 Å². The summed E-state index contributed by atoms with van der Waals surface area (Å²) in [5.74, 6) is 0. The molecule has 0 amide bonds. The van der Waals surface area contributed by atoms with Gasteiger partial charge in [-0.15, -0.1) is 6.58 Å². The number of methoxy groups -OCH3 is 1. The number of rotatable bonds is 4. The van der Waals surface area contributed by atoms with Crippen molar-refractivity contribution in [3.63, 3.8) is 0 Å². The maximum Gasteiger partial charge on any atom is 0.331 e. The molecule has 0 bridgehead atoms. The smallest absolute Gasteiger partial charge is 0.331 e. The van der Waals surface area contributed by atoms with Gasteiger partial charge in [0.05, 0.1) is 5.56 Å². The Labute approximate surface area is 91.0 Å². The van der Waals surface area contributed by atoms with Crippen molar-refractivity contribution < 1.29 is 4.74 Å². The molecule has 0 unspecified atom stereocenters. The predicted octanol–water partition coefficient (Wildman–Crippen LogP) is 0.522. The molecule has 0 spiro atoms. The Kier molecular flexibility index (Phi) is 3.88. The molecule has 1 N–H and O–H groups in total. The number of nitrogens with zero attached hydrogens (tertiary/aromatic N) is 1. The van der Waals surface area contributed by atoms with E-state index in [-0.39, 0.29) is 11.9 Å². The van der Waals surface area contributed by atoms with E-state index < -0.39 is 11.2 Å². The minimum absolute atomic E-state index is 0.00140. The molecule has 1 aromatic heterocycles. The van der Waals surface area contributed by atoms with Gasteiger partial charge in [0.15, 0.2) is 0 Å². The second kappa shape index (κ2) is 4.95. The highest BCUT2D eigenvalue weighted by Gasteiger charge is 2.11. The highest BCUT2D eigenvalue weighted by molar-refractivity contribution is 6.30. The van der Waals surface area contributed by atoms with Crippen molar-refractivity contribution in [2.45, 2.75) is 13.2 Å². The monoisotopic (exact) mass is 230 g/mol. The quantitative estimate of drug-likeness (QED) is 0.606. The number of aromatic amines is 1. The lowest BCUT2D eigenvalue weighted by Gasteiger charge is -2.08. The largest absolute Gasteiger partial charge is 0.364 e. The normalized spacial score (nSPS) is 10.3. The molecule has 0 atom stereocenters. The van der Waals surface area contributed by atoms with Gasteiger partial charge in [0, 0.05) is 7.11 Å². The fraction of sp³-hybridized carbons (Fsp3) is 0.333. The van der Waals surface area contributed by atoms with Crippen molar-refractivity contribution in [2.75, 3.05) is 7.11 Å². The fourth-order valence-corrected chi connectivity index (χ4v) is 1.44. The lowest BCUT2D eigenvalue weighted by Crippen LogP contribution is -2.33. The Hall–Kier alpha value is -1.33. The molecule has 0 aliphatic rings. The summed E-state index contributed by atoms with van der Waals surface area (Å²) in [6.07, 6.45) is 1.84. The maximum absolute atomic E-state index is 11.4. The van der Waals surface area contributed by atoms with E-state index in [4.69, 9.17) is 16.3 Å². The van der Waals surface area contributed by atoms with E-state index in [2.05, 4.69) is 11.6 Å². The first kappa shape index (κ1) is 11.7. The molecule has 1 heterocycles. The lowest BCUT2D eigenvalue weighted by atomic mass is 10.2. The molecule has 5 nitrogen and oxygen atoms in total. The summed E-state index contributed by atoms with van der Waals surface area (Å²) in [5.41, 5.74) is -0.764. The summed E-state index contributed by atoms with van der Waals surface area (Å²) in [4.78, 5) is 24.8. The first-order valence-electron chi connectivity index (χ1n) is 4.23. The third-order valence-electron chi connectivity index (χ3n) is 1.83. The molecule has 0 radical (unpaired) electrons. The highest BCUT2D eigenvalue weighted by Crippen LogP contribution is 2.10. The molecule has 82 valence electrons. The van der Waals surface area contributed by atoms with E-state index >= 15 is 0 Å². The molecule has 15 heavy (non-hydrogen) atoms. The summed E-state index contributed by atoms with van der Waals surface area (Å²) in [5, 5.41) is 0.0884. The Balaban J connectivity index is 3.41. The molecule has 0 saturated heterocycles. The molecule has 0 fully saturated rings. The molecule has 1 aromatic rings. The summed E-state index contributed by atoms with van der Waals surface area (Å²) in [7, 11) is 1.43. The summed E-state index contributed by atoms with van der Waals surface area (Å²) < 4.78 is 5.93. The van der Waals surface area contributed by atoms with Crippen LogP contribution in [0.15, 0.2) is 22.2 Å². The topological polar surface area (TPSA) is 64.1 Å². The van der Waals surface area contributed by atoms with Crippen molar-refractivity contribution in [1.29, 1.82) is 0 Å². The van der Waals surface area contributed by atoms with Gasteiger partial charge in [0.2, 0.25) is 0 Å². The van der Waals surface area contributed by atoms with Crippen molar-refractivity contribution >= 4 is 11.6 Å². The maximum atomic E-state index is 11.4. The molecule has 6 heteroatoms.